The Labute approximate surface area is 149 Å². The van der Waals surface area contributed by atoms with Crippen LogP contribution in [0.15, 0.2) is 35.6 Å². The molecule has 0 bridgehead atoms. The van der Waals surface area contributed by atoms with Gasteiger partial charge in [0.25, 0.3) is 0 Å². The third-order valence-electron chi connectivity index (χ3n) is 3.31. The molecule has 26 heavy (non-hydrogen) atoms. The van der Waals surface area contributed by atoms with Crippen molar-refractivity contribution >= 4 is 5.96 Å². The lowest BCUT2D eigenvalue weighted by atomic mass is 10.3. The second kappa shape index (κ2) is 9.07. The van der Waals surface area contributed by atoms with E-state index in [1.54, 1.807) is 16.9 Å². The molecule has 0 amide bonds. The van der Waals surface area contributed by atoms with Gasteiger partial charge in [0.15, 0.2) is 12.6 Å². The van der Waals surface area contributed by atoms with Gasteiger partial charge < -0.3 is 15.4 Å². The molecule has 2 aromatic rings. The van der Waals surface area contributed by atoms with Crippen molar-refractivity contribution in [1.29, 1.82) is 0 Å². The van der Waals surface area contributed by atoms with Crippen molar-refractivity contribution < 1.29 is 17.9 Å². The van der Waals surface area contributed by atoms with E-state index in [2.05, 4.69) is 30.4 Å². The zero-order valence-electron chi connectivity index (χ0n) is 14.5. The summed E-state index contributed by atoms with van der Waals surface area (Å²) in [6.45, 7) is 2.05. The maximum absolute atomic E-state index is 12.2. The lowest BCUT2D eigenvalue weighted by Gasteiger charge is -2.12. The number of guanidine groups is 1. The summed E-state index contributed by atoms with van der Waals surface area (Å²) in [6, 6.07) is 5.01. The van der Waals surface area contributed by atoms with Crippen LogP contribution in [0.25, 0.3) is 0 Å². The minimum atomic E-state index is -4.40. The average Bonchev–Trinajstić information content (AvgIpc) is 3.00. The van der Waals surface area contributed by atoms with E-state index in [-0.39, 0.29) is 12.4 Å². The molecule has 0 saturated carbocycles. The molecule has 0 aliphatic heterocycles. The number of nitrogens with one attached hydrogen (secondary N) is 2. The monoisotopic (exact) mass is 370 g/mol. The Bertz CT molecular complexity index is 729. The van der Waals surface area contributed by atoms with E-state index in [9.17, 15) is 13.2 Å². The molecular formula is C16H21F3N6O. The van der Waals surface area contributed by atoms with Gasteiger partial charge in [-0.15, -0.1) is 0 Å². The molecule has 2 N–H and O–H groups in total. The number of alkyl halides is 3. The molecule has 0 spiro atoms. The van der Waals surface area contributed by atoms with Crippen LogP contribution < -0.4 is 15.4 Å². The highest BCUT2D eigenvalue weighted by Crippen LogP contribution is 2.17. The van der Waals surface area contributed by atoms with Gasteiger partial charge in [0, 0.05) is 32.1 Å². The van der Waals surface area contributed by atoms with Gasteiger partial charge >= 0.3 is 6.18 Å². The smallest absolute Gasteiger partial charge is 0.422 e. The van der Waals surface area contributed by atoms with Crippen LogP contribution in [0.4, 0.5) is 13.2 Å². The van der Waals surface area contributed by atoms with Gasteiger partial charge in [-0.25, -0.2) is 9.98 Å². The summed E-state index contributed by atoms with van der Waals surface area (Å²) in [6.07, 6.45) is -1.29. The number of hydrogen-bond donors (Lipinski definition) is 2. The highest BCUT2D eigenvalue weighted by Gasteiger charge is 2.28. The first-order valence-electron chi connectivity index (χ1n) is 8.01. The fraction of sp³-hybridized carbons (Fsp3) is 0.438. The van der Waals surface area contributed by atoms with Crippen LogP contribution in [0.1, 0.15) is 18.2 Å². The average molecular weight is 370 g/mol. The summed E-state index contributed by atoms with van der Waals surface area (Å²) in [5, 5.41) is 10.4. The number of aliphatic imine (C=N–C) groups is 1. The van der Waals surface area contributed by atoms with Crippen molar-refractivity contribution in [2.75, 3.05) is 13.2 Å². The number of pyridine rings is 1. The van der Waals surface area contributed by atoms with E-state index in [1.807, 2.05) is 20.0 Å². The van der Waals surface area contributed by atoms with Gasteiger partial charge in [-0.2, -0.15) is 18.3 Å². The molecule has 10 heteroatoms. The number of aromatic nitrogens is 3. The molecule has 0 aromatic carbocycles. The lowest BCUT2D eigenvalue weighted by molar-refractivity contribution is -0.154. The number of rotatable bonds is 7. The first-order chi connectivity index (χ1) is 12.4. The highest BCUT2D eigenvalue weighted by atomic mass is 19.4. The molecule has 0 atom stereocenters. The van der Waals surface area contributed by atoms with Gasteiger partial charge in [-0.1, -0.05) is 0 Å². The van der Waals surface area contributed by atoms with Crippen LogP contribution in [0, 0.1) is 0 Å². The molecule has 0 saturated heterocycles. The number of ether oxygens (including phenoxy) is 1. The standard InChI is InChI=1S/C16H21F3N6O/c1-3-20-15(23-10-13-5-7-24-25(13)2)22-9-12-4-6-21-14(8-12)26-11-16(17,18)19/h4-8H,3,9-11H2,1-2H3,(H2,20,22,23). The molecule has 142 valence electrons. The van der Waals surface area contributed by atoms with Crippen LogP contribution >= 0.6 is 0 Å². The first-order valence-corrected chi connectivity index (χ1v) is 8.01. The second-order valence-electron chi connectivity index (χ2n) is 5.40. The van der Waals surface area contributed by atoms with Crippen molar-refractivity contribution in [2.45, 2.75) is 26.2 Å². The minimum absolute atomic E-state index is 0.0807. The van der Waals surface area contributed by atoms with Crippen molar-refractivity contribution in [3.05, 3.63) is 41.9 Å². The van der Waals surface area contributed by atoms with Gasteiger partial charge in [-0.05, 0) is 24.6 Å². The number of nitrogens with zero attached hydrogens (tertiary/aromatic N) is 4. The van der Waals surface area contributed by atoms with Crippen LogP contribution in [-0.2, 0) is 20.1 Å². The highest BCUT2D eigenvalue weighted by molar-refractivity contribution is 5.79. The maximum atomic E-state index is 12.2. The second-order valence-corrected chi connectivity index (χ2v) is 5.40. The minimum Gasteiger partial charge on any atom is -0.468 e. The Hall–Kier alpha value is -2.78. The van der Waals surface area contributed by atoms with Gasteiger partial charge in [0.05, 0.1) is 18.8 Å². The fourth-order valence-corrected chi connectivity index (χ4v) is 2.04. The molecule has 0 aliphatic carbocycles. The molecule has 2 aromatic heterocycles. The molecular weight excluding hydrogens is 349 g/mol. The Balaban J connectivity index is 1.96. The molecule has 2 rings (SSSR count). The number of halogens is 3. The fourth-order valence-electron chi connectivity index (χ4n) is 2.04. The van der Waals surface area contributed by atoms with Gasteiger partial charge in [-0.3, -0.25) is 4.68 Å². The van der Waals surface area contributed by atoms with Crippen molar-refractivity contribution in [3.63, 3.8) is 0 Å². The van der Waals surface area contributed by atoms with E-state index >= 15 is 0 Å². The van der Waals surface area contributed by atoms with Crippen LogP contribution in [0.2, 0.25) is 0 Å². The number of hydrogen-bond acceptors (Lipinski definition) is 4. The quantitative estimate of drug-likeness (QED) is 0.576. The Morgan fingerprint density at radius 2 is 2.08 bits per heavy atom. The summed E-state index contributed by atoms with van der Waals surface area (Å²) in [7, 11) is 1.85. The molecule has 0 aliphatic rings. The van der Waals surface area contributed by atoms with Gasteiger partial charge in [0.2, 0.25) is 5.88 Å². The normalized spacial score (nSPS) is 12.1. The lowest BCUT2D eigenvalue weighted by Crippen LogP contribution is -2.37. The molecule has 2 heterocycles. The van der Waals surface area contributed by atoms with Crippen molar-refractivity contribution in [2.24, 2.45) is 12.0 Å². The molecule has 0 radical (unpaired) electrons. The third-order valence-corrected chi connectivity index (χ3v) is 3.31. The summed E-state index contributed by atoms with van der Waals surface area (Å²) in [5.41, 5.74) is 1.68. The van der Waals surface area contributed by atoms with Crippen molar-refractivity contribution in [1.82, 2.24) is 25.4 Å². The Morgan fingerprint density at radius 3 is 2.73 bits per heavy atom. The van der Waals surface area contributed by atoms with E-state index in [0.29, 0.717) is 24.6 Å². The van der Waals surface area contributed by atoms with E-state index < -0.39 is 12.8 Å². The Morgan fingerprint density at radius 1 is 1.27 bits per heavy atom. The molecule has 7 nitrogen and oxygen atoms in total. The predicted octanol–water partition coefficient (Wildman–Crippen LogP) is 2.01. The van der Waals surface area contributed by atoms with E-state index in [1.165, 1.54) is 12.3 Å². The van der Waals surface area contributed by atoms with Crippen LogP contribution in [-0.4, -0.2) is 40.1 Å². The number of aryl methyl sites for hydroxylation is 1. The van der Waals surface area contributed by atoms with Crippen molar-refractivity contribution in [3.8, 4) is 5.88 Å². The van der Waals surface area contributed by atoms with E-state index in [4.69, 9.17) is 0 Å². The first kappa shape index (κ1) is 19.5. The largest absolute Gasteiger partial charge is 0.468 e. The maximum Gasteiger partial charge on any atom is 0.422 e. The zero-order valence-corrected chi connectivity index (χ0v) is 14.5. The van der Waals surface area contributed by atoms with Crippen LogP contribution in [0.3, 0.4) is 0 Å². The van der Waals surface area contributed by atoms with Gasteiger partial charge in [0.1, 0.15) is 0 Å². The third kappa shape index (κ3) is 6.61. The molecule has 0 fully saturated rings. The van der Waals surface area contributed by atoms with Crippen LogP contribution in [0.5, 0.6) is 5.88 Å². The topological polar surface area (TPSA) is 76.4 Å². The SMILES string of the molecule is CCNC(=NCc1ccnc(OCC(F)(F)F)c1)NCc1ccnn1C. The van der Waals surface area contributed by atoms with E-state index in [0.717, 1.165) is 5.69 Å². The zero-order chi connectivity index (χ0) is 19.0. The summed E-state index contributed by atoms with van der Waals surface area (Å²) >= 11 is 0. The predicted molar refractivity (Wildman–Crippen MR) is 90.7 cm³/mol. The summed E-state index contributed by atoms with van der Waals surface area (Å²) < 4.78 is 43.0. The summed E-state index contributed by atoms with van der Waals surface area (Å²) in [5.74, 6) is 0.506. The Kier molecular flexibility index (Phi) is 6.81. The summed E-state index contributed by atoms with van der Waals surface area (Å²) in [4.78, 5) is 8.20. The molecule has 0 unspecified atom stereocenters.